The molecule has 0 bridgehead atoms. The van der Waals surface area contributed by atoms with Gasteiger partial charge in [0, 0.05) is 29.7 Å². The Kier molecular flexibility index (Phi) is 6.56. The monoisotopic (exact) mass is 397 g/mol. The lowest BCUT2D eigenvalue weighted by Crippen LogP contribution is -2.32. The lowest BCUT2D eigenvalue weighted by molar-refractivity contribution is 0.0944. The molecule has 1 heterocycles. The smallest absolute Gasteiger partial charge is 0.277 e. The molecule has 0 saturated heterocycles. The second-order valence-corrected chi connectivity index (χ2v) is 6.27. The number of halogens is 1. The van der Waals surface area contributed by atoms with E-state index in [1.165, 1.54) is 0 Å². The van der Waals surface area contributed by atoms with Crippen LogP contribution in [-0.4, -0.2) is 35.4 Å². The van der Waals surface area contributed by atoms with Crippen molar-refractivity contribution in [3.8, 4) is 5.75 Å². The fourth-order valence-corrected chi connectivity index (χ4v) is 2.39. The molecule has 24 heavy (non-hydrogen) atoms. The number of aromatic nitrogens is 2. The highest BCUT2D eigenvalue weighted by molar-refractivity contribution is 9.10. The molecule has 0 aliphatic carbocycles. The number of amides is 1. The van der Waals surface area contributed by atoms with Crippen LogP contribution in [0.5, 0.6) is 5.75 Å². The lowest BCUT2D eigenvalue weighted by Gasteiger charge is -2.15. The van der Waals surface area contributed by atoms with Crippen molar-refractivity contribution in [2.75, 3.05) is 18.8 Å². The van der Waals surface area contributed by atoms with Gasteiger partial charge < -0.3 is 21.1 Å². The Labute approximate surface area is 148 Å². The van der Waals surface area contributed by atoms with Crippen LogP contribution < -0.4 is 21.1 Å². The van der Waals surface area contributed by atoms with E-state index in [0.29, 0.717) is 19.6 Å². The first-order valence-electron chi connectivity index (χ1n) is 7.49. The highest BCUT2D eigenvalue weighted by atomic mass is 79.9. The summed E-state index contributed by atoms with van der Waals surface area (Å²) in [5, 5.41) is 12.7. The molecule has 0 aliphatic heterocycles. The van der Waals surface area contributed by atoms with Gasteiger partial charge in [-0.1, -0.05) is 15.9 Å². The van der Waals surface area contributed by atoms with Gasteiger partial charge in [-0.25, -0.2) is 4.63 Å². The number of nitrogens with one attached hydrogen (secondary N) is 2. The molecular weight excluding hydrogens is 378 g/mol. The molecule has 2 rings (SSSR count). The molecule has 0 saturated carbocycles. The average Bonchev–Trinajstić information content (AvgIpc) is 2.95. The van der Waals surface area contributed by atoms with E-state index in [-0.39, 0.29) is 17.6 Å². The standard InChI is InChI=1S/C15H20BrN5O3/c1-9(2)23-12-4-3-11(16)7-10(12)8-18-5-6-19-15(22)13-14(17)21-24-20-13/h3-4,7,9,18H,5-6,8H2,1-2H3,(H2,17,21)(H,19,22). The second-order valence-electron chi connectivity index (χ2n) is 5.35. The molecule has 0 radical (unpaired) electrons. The van der Waals surface area contributed by atoms with E-state index >= 15 is 0 Å². The number of carbonyl (C=O) groups excluding carboxylic acids is 1. The van der Waals surface area contributed by atoms with E-state index in [0.717, 1.165) is 15.8 Å². The third-order valence-electron chi connectivity index (χ3n) is 3.02. The SMILES string of the molecule is CC(C)Oc1ccc(Br)cc1CNCCNC(=O)c1nonc1N. The zero-order valence-corrected chi connectivity index (χ0v) is 15.1. The van der Waals surface area contributed by atoms with Crippen molar-refractivity contribution in [1.82, 2.24) is 20.9 Å². The summed E-state index contributed by atoms with van der Waals surface area (Å²) in [5.74, 6) is 0.401. The summed E-state index contributed by atoms with van der Waals surface area (Å²) in [6.07, 6.45) is 0.103. The number of nitrogen functional groups attached to an aromatic ring is 1. The summed E-state index contributed by atoms with van der Waals surface area (Å²) >= 11 is 3.46. The van der Waals surface area contributed by atoms with Gasteiger partial charge in [0.1, 0.15) is 5.75 Å². The fraction of sp³-hybridized carbons (Fsp3) is 0.400. The van der Waals surface area contributed by atoms with Crippen LogP contribution in [0.3, 0.4) is 0 Å². The third-order valence-corrected chi connectivity index (χ3v) is 3.51. The number of nitrogens with zero attached hydrogens (tertiary/aromatic N) is 2. The highest BCUT2D eigenvalue weighted by Gasteiger charge is 2.15. The molecule has 0 spiro atoms. The van der Waals surface area contributed by atoms with Crippen molar-refractivity contribution in [3.05, 3.63) is 33.9 Å². The highest BCUT2D eigenvalue weighted by Crippen LogP contribution is 2.24. The predicted molar refractivity (Wildman–Crippen MR) is 92.7 cm³/mol. The largest absolute Gasteiger partial charge is 0.491 e. The minimum Gasteiger partial charge on any atom is -0.491 e. The van der Waals surface area contributed by atoms with E-state index in [4.69, 9.17) is 10.5 Å². The molecular formula is C15H20BrN5O3. The molecule has 0 aliphatic rings. The van der Waals surface area contributed by atoms with Crippen LogP contribution in [0.15, 0.2) is 27.3 Å². The molecule has 4 N–H and O–H groups in total. The Morgan fingerprint density at radius 2 is 2.17 bits per heavy atom. The van der Waals surface area contributed by atoms with E-state index in [1.807, 2.05) is 32.0 Å². The van der Waals surface area contributed by atoms with E-state index < -0.39 is 5.91 Å². The van der Waals surface area contributed by atoms with Crippen molar-refractivity contribution >= 4 is 27.7 Å². The summed E-state index contributed by atoms with van der Waals surface area (Å²) in [6, 6.07) is 5.88. The van der Waals surface area contributed by atoms with Crippen molar-refractivity contribution in [1.29, 1.82) is 0 Å². The van der Waals surface area contributed by atoms with Gasteiger partial charge in [0.2, 0.25) is 11.5 Å². The van der Waals surface area contributed by atoms with Crippen LogP contribution in [0.4, 0.5) is 5.82 Å². The average molecular weight is 398 g/mol. The normalized spacial score (nSPS) is 10.8. The van der Waals surface area contributed by atoms with Gasteiger partial charge in [0.05, 0.1) is 6.10 Å². The molecule has 1 aromatic heterocycles. The van der Waals surface area contributed by atoms with Crippen LogP contribution in [0.25, 0.3) is 0 Å². The van der Waals surface area contributed by atoms with Crippen molar-refractivity contribution in [3.63, 3.8) is 0 Å². The second kappa shape index (κ2) is 8.65. The third kappa shape index (κ3) is 5.20. The van der Waals surface area contributed by atoms with E-state index in [9.17, 15) is 4.79 Å². The zero-order chi connectivity index (χ0) is 17.5. The number of ether oxygens (including phenoxy) is 1. The number of hydrogen-bond donors (Lipinski definition) is 3. The van der Waals surface area contributed by atoms with Crippen molar-refractivity contribution in [2.45, 2.75) is 26.5 Å². The van der Waals surface area contributed by atoms with Gasteiger partial charge in [-0.2, -0.15) is 0 Å². The number of hydrogen-bond acceptors (Lipinski definition) is 7. The lowest BCUT2D eigenvalue weighted by atomic mass is 10.2. The van der Waals surface area contributed by atoms with Gasteiger partial charge >= 0.3 is 0 Å². The van der Waals surface area contributed by atoms with Crippen LogP contribution in [0, 0.1) is 0 Å². The minimum absolute atomic E-state index is 0.00499. The fourth-order valence-electron chi connectivity index (χ4n) is 1.98. The van der Waals surface area contributed by atoms with Crippen LogP contribution in [-0.2, 0) is 6.54 Å². The molecule has 0 fully saturated rings. The number of nitrogens with two attached hydrogens (primary N) is 1. The summed E-state index contributed by atoms with van der Waals surface area (Å²) in [4.78, 5) is 11.8. The molecule has 9 heteroatoms. The number of benzene rings is 1. The number of rotatable bonds is 8. The van der Waals surface area contributed by atoms with Gasteiger partial charge in [-0.15, -0.1) is 0 Å². The Balaban J connectivity index is 1.79. The quantitative estimate of drug-likeness (QED) is 0.580. The first-order chi connectivity index (χ1) is 11.5. The molecule has 1 aromatic carbocycles. The predicted octanol–water partition coefficient (Wildman–Crippen LogP) is 1.72. The van der Waals surface area contributed by atoms with Crippen LogP contribution >= 0.6 is 15.9 Å². The number of carbonyl (C=O) groups is 1. The van der Waals surface area contributed by atoms with Crippen molar-refractivity contribution < 1.29 is 14.2 Å². The van der Waals surface area contributed by atoms with Crippen LogP contribution in [0.2, 0.25) is 0 Å². The van der Waals surface area contributed by atoms with Crippen molar-refractivity contribution in [2.24, 2.45) is 0 Å². The summed E-state index contributed by atoms with van der Waals surface area (Å²) in [6.45, 7) is 5.58. The summed E-state index contributed by atoms with van der Waals surface area (Å²) < 4.78 is 11.2. The first kappa shape index (κ1) is 18.2. The number of anilines is 1. The zero-order valence-electron chi connectivity index (χ0n) is 13.5. The molecule has 0 unspecified atom stereocenters. The van der Waals surface area contributed by atoms with E-state index in [1.54, 1.807) is 0 Å². The van der Waals surface area contributed by atoms with Gasteiger partial charge in [-0.3, -0.25) is 4.79 Å². The maximum Gasteiger partial charge on any atom is 0.277 e. The Hall–Kier alpha value is -2.13. The molecule has 1 amide bonds. The summed E-state index contributed by atoms with van der Waals surface area (Å²) in [7, 11) is 0. The van der Waals surface area contributed by atoms with Gasteiger partial charge in [0.25, 0.3) is 5.91 Å². The minimum atomic E-state index is -0.415. The maximum absolute atomic E-state index is 11.8. The molecule has 2 aromatic rings. The van der Waals surface area contributed by atoms with Gasteiger partial charge in [0.15, 0.2) is 0 Å². The Morgan fingerprint density at radius 3 is 2.83 bits per heavy atom. The van der Waals surface area contributed by atoms with E-state index in [2.05, 4.69) is 41.5 Å². The molecule has 8 nitrogen and oxygen atoms in total. The summed E-state index contributed by atoms with van der Waals surface area (Å²) in [5.41, 5.74) is 6.49. The Morgan fingerprint density at radius 1 is 1.38 bits per heavy atom. The molecule has 130 valence electrons. The maximum atomic E-state index is 11.8. The topological polar surface area (TPSA) is 115 Å². The molecule has 0 atom stereocenters. The Bertz CT molecular complexity index is 689. The first-order valence-corrected chi connectivity index (χ1v) is 8.28. The van der Waals surface area contributed by atoms with Gasteiger partial charge in [-0.05, 0) is 42.4 Å². The van der Waals surface area contributed by atoms with Crippen LogP contribution in [0.1, 0.15) is 29.9 Å².